The molecule has 0 amide bonds. The molecule has 0 bridgehead atoms. The zero-order valence-electron chi connectivity index (χ0n) is 12.6. The third-order valence-electron chi connectivity index (χ3n) is 4.24. The summed E-state index contributed by atoms with van der Waals surface area (Å²) in [6, 6.07) is 3.67. The van der Waals surface area contributed by atoms with E-state index >= 15 is 0 Å². The number of carboxylic acids is 1. The topological polar surface area (TPSA) is 80.9 Å². The SMILES string of the molecule is COc1cc2c3c(n(CC(=O)O)c2cc1OC)CCC(O)C3. The lowest BCUT2D eigenvalue weighted by molar-refractivity contribution is -0.137. The van der Waals surface area contributed by atoms with Gasteiger partial charge in [-0.05, 0) is 24.5 Å². The van der Waals surface area contributed by atoms with E-state index in [1.54, 1.807) is 18.8 Å². The van der Waals surface area contributed by atoms with Gasteiger partial charge in [-0.1, -0.05) is 0 Å². The standard InChI is InChI=1S/C16H19NO5/c1-21-14-6-11-10-5-9(18)3-4-12(10)17(8-16(19)20)13(11)7-15(14)22-2/h6-7,9,18H,3-5,8H2,1-2H3,(H,19,20). The molecule has 1 heterocycles. The second-order valence-electron chi connectivity index (χ2n) is 5.53. The fourth-order valence-electron chi connectivity index (χ4n) is 3.27. The maximum absolute atomic E-state index is 11.2. The second-order valence-corrected chi connectivity index (χ2v) is 5.53. The predicted octanol–water partition coefficient (Wildman–Crippen LogP) is 1.59. The molecule has 1 aliphatic carbocycles. The van der Waals surface area contributed by atoms with Gasteiger partial charge in [0.25, 0.3) is 0 Å². The van der Waals surface area contributed by atoms with Crippen LogP contribution in [0.25, 0.3) is 10.9 Å². The molecule has 22 heavy (non-hydrogen) atoms. The number of benzene rings is 1. The lowest BCUT2D eigenvalue weighted by Crippen LogP contribution is -2.21. The van der Waals surface area contributed by atoms with Gasteiger partial charge in [0.2, 0.25) is 0 Å². The number of ether oxygens (including phenoxy) is 2. The quantitative estimate of drug-likeness (QED) is 0.896. The van der Waals surface area contributed by atoms with Gasteiger partial charge in [-0.15, -0.1) is 0 Å². The van der Waals surface area contributed by atoms with E-state index in [2.05, 4.69) is 0 Å². The zero-order chi connectivity index (χ0) is 15.9. The van der Waals surface area contributed by atoms with Crippen LogP contribution < -0.4 is 9.47 Å². The number of methoxy groups -OCH3 is 2. The minimum atomic E-state index is -0.888. The molecule has 1 aliphatic rings. The number of aromatic nitrogens is 1. The van der Waals surface area contributed by atoms with Gasteiger partial charge in [0.05, 0.1) is 25.8 Å². The molecule has 0 spiro atoms. The lowest BCUT2D eigenvalue weighted by atomic mass is 9.93. The summed E-state index contributed by atoms with van der Waals surface area (Å²) < 4.78 is 12.5. The van der Waals surface area contributed by atoms with Gasteiger partial charge in [0.1, 0.15) is 6.54 Å². The molecule has 1 atom stereocenters. The van der Waals surface area contributed by atoms with E-state index in [-0.39, 0.29) is 12.6 Å². The van der Waals surface area contributed by atoms with Crippen LogP contribution in [0, 0.1) is 0 Å². The summed E-state index contributed by atoms with van der Waals surface area (Å²) in [5, 5.41) is 20.1. The van der Waals surface area contributed by atoms with Crippen molar-refractivity contribution >= 4 is 16.9 Å². The zero-order valence-corrected chi connectivity index (χ0v) is 12.6. The molecular weight excluding hydrogens is 286 g/mol. The van der Waals surface area contributed by atoms with Crippen LogP contribution in [0.2, 0.25) is 0 Å². The van der Waals surface area contributed by atoms with Gasteiger partial charge in [-0.25, -0.2) is 0 Å². The average Bonchev–Trinajstić information content (AvgIpc) is 2.78. The van der Waals surface area contributed by atoms with Crippen molar-refractivity contribution < 1.29 is 24.5 Å². The first-order chi connectivity index (χ1) is 10.5. The molecule has 118 valence electrons. The molecule has 6 heteroatoms. The Bertz CT molecular complexity index is 734. The summed E-state index contributed by atoms with van der Waals surface area (Å²) in [6.07, 6.45) is 1.47. The molecule has 0 aliphatic heterocycles. The minimum Gasteiger partial charge on any atom is -0.493 e. The highest BCUT2D eigenvalue weighted by atomic mass is 16.5. The smallest absolute Gasteiger partial charge is 0.323 e. The highest BCUT2D eigenvalue weighted by molar-refractivity contribution is 5.90. The Morgan fingerprint density at radius 1 is 1.32 bits per heavy atom. The Balaban J connectivity index is 2.29. The number of carboxylic acid groups (broad SMARTS) is 1. The third kappa shape index (κ3) is 2.29. The van der Waals surface area contributed by atoms with Crippen LogP contribution in [0.3, 0.4) is 0 Å². The highest BCUT2D eigenvalue weighted by Gasteiger charge is 2.26. The van der Waals surface area contributed by atoms with Crippen molar-refractivity contribution in [2.75, 3.05) is 14.2 Å². The van der Waals surface area contributed by atoms with Gasteiger partial charge in [0.15, 0.2) is 11.5 Å². The molecule has 0 radical (unpaired) electrons. The van der Waals surface area contributed by atoms with Gasteiger partial charge >= 0.3 is 5.97 Å². The van der Waals surface area contributed by atoms with E-state index in [4.69, 9.17) is 9.47 Å². The maximum Gasteiger partial charge on any atom is 0.323 e. The van der Waals surface area contributed by atoms with Crippen LogP contribution in [0.15, 0.2) is 12.1 Å². The molecule has 6 nitrogen and oxygen atoms in total. The molecule has 2 N–H and O–H groups in total. The number of nitrogens with zero attached hydrogens (tertiary/aromatic N) is 1. The summed E-state index contributed by atoms with van der Waals surface area (Å²) in [4.78, 5) is 11.2. The van der Waals surface area contributed by atoms with Crippen LogP contribution in [-0.4, -0.2) is 41.1 Å². The predicted molar refractivity (Wildman–Crippen MR) is 80.7 cm³/mol. The number of hydrogen-bond donors (Lipinski definition) is 2. The van der Waals surface area contributed by atoms with Crippen molar-refractivity contribution in [3.8, 4) is 11.5 Å². The van der Waals surface area contributed by atoms with E-state index in [1.807, 2.05) is 12.1 Å². The van der Waals surface area contributed by atoms with E-state index < -0.39 is 5.97 Å². The number of hydrogen-bond acceptors (Lipinski definition) is 4. The number of aliphatic hydroxyl groups excluding tert-OH is 1. The largest absolute Gasteiger partial charge is 0.493 e. The number of rotatable bonds is 4. The number of aliphatic carboxylic acids is 1. The summed E-state index contributed by atoms with van der Waals surface area (Å²) in [5.74, 6) is 0.281. The molecule has 1 aromatic carbocycles. The molecule has 2 aromatic rings. The monoisotopic (exact) mass is 305 g/mol. The number of carbonyl (C=O) groups is 1. The Morgan fingerprint density at radius 3 is 2.64 bits per heavy atom. The fourth-order valence-corrected chi connectivity index (χ4v) is 3.27. The average molecular weight is 305 g/mol. The van der Waals surface area contributed by atoms with E-state index in [1.165, 1.54) is 0 Å². The molecule has 3 rings (SSSR count). The summed E-state index contributed by atoms with van der Waals surface area (Å²) in [6.45, 7) is -0.0998. The highest BCUT2D eigenvalue weighted by Crippen LogP contribution is 2.39. The van der Waals surface area contributed by atoms with Crippen LogP contribution in [0.4, 0.5) is 0 Å². The van der Waals surface area contributed by atoms with E-state index in [0.717, 1.165) is 22.2 Å². The van der Waals surface area contributed by atoms with Crippen molar-refractivity contribution in [1.29, 1.82) is 0 Å². The fraction of sp³-hybridized carbons (Fsp3) is 0.438. The van der Waals surface area contributed by atoms with Gasteiger partial charge < -0.3 is 24.3 Å². The Hall–Kier alpha value is -2.21. The van der Waals surface area contributed by atoms with Crippen LogP contribution in [0.5, 0.6) is 11.5 Å². The summed E-state index contributed by atoms with van der Waals surface area (Å²) in [7, 11) is 3.12. The van der Waals surface area contributed by atoms with Gasteiger partial charge in [0, 0.05) is 23.6 Å². The van der Waals surface area contributed by atoms with Crippen molar-refractivity contribution in [2.24, 2.45) is 0 Å². The van der Waals surface area contributed by atoms with Crippen LogP contribution in [0.1, 0.15) is 17.7 Å². The Kier molecular flexibility index (Phi) is 3.70. The Morgan fingerprint density at radius 2 is 2.00 bits per heavy atom. The summed E-state index contributed by atoms with van der Waals surface area (Å²) in [5.41, 5.74) is 2.80. The minimum absolute atomic E-state index is 0.0998. The van der Waals surface area contributed by atoms with Crippen molar-refractivity contribution in [3.05, 3.63) is 23.4 Å². The van der Waals surface area contributed by atoms with Crippen molar-refractivity contribution in [1.82, 2.24) is 4.57 Å². The van der Waals surface area contributed by atoms with E-state index in [9.17, 15) is 15.0 Å². The van der Waals surface area contributed by atoms with Crippen LogP contribution >= 0.6 is 0 Å². The molecule has 0 saturated carbocycles. The molecule has 1 aromatic heterocycles. The molecular formula is C16H19NO5. The first-order valence-electron chi connectivity index (χ1n) is 7.21. The third-order valence-corrected chi connectivity index (χ3v) is 4.24. The first kappa shape index (κ1) is 14.7. The first-order valence-corrected chi connectivity index (χ1v) is 7.21. The number of fused-ring (bicyclic) bond motifs is 3. The van der Waals surface area contributed by atoms with Gasteiger partial charge in [-0.3, -0.25) is 4.79 Å². The molecule has 0 saturated heterocycles. The normalized spacial score (nSPS) is 17.3. The number of aliphatic hydroxyl groups is 1. The van der Waals surface area contributed by atoms with Gasteiger partial charge in [-0.2, -0.15) is 0 Å². The van der Waals surface area contributed by atoms with Crippen molar-refractivity contribution in [2.45, 2.75) is 31.9 Å². The van der Waals surface area contributed by atoms with Crippen LogP contribution in [-0.2, 0) is 24.2 Å². The molecule has 0 fully saturated rings. The van der Waals surface area contributed by atoms with Crippen molar-refractivity contribution in [3.63, 3.8) is 0 Å². The second kappa shape index (κ2) is 5.53. The molecule has 1 unspecified atom stereocenters. The van der Waals surface area contributed by atoms with E-state index in [0.29, 0.717) is 30.8 Å². The Labute approximate surface area is 127 Å². The summed E-state index contributed by atoms with van der Waals surface area (Å²) >= 11 is 0. The maximum atomic E-state index is 11.2. The lowest BCUT2D eigenvalue weighted by Gasteiger charge is -2.19.